The van der Waals surface area contributed by atoms with Gasteiger partial charge in [-0.05, 0) is 19.9 Å². The molecule has 3 nitrogen and oxygen atoms in total. The number of thiol groups is 1. The molecule has 0 radical (unpaired) electrons. The average Bonchev–Trinajstić information content (AvgIpc) is 2.61. The Labute approximate surface area is 99.2 Å². The summed E-state index contributed by atoms with van der Waals surface area (Å²) in [6, 6.07) is 1.79. The Hall–Kier alpha value is -0.520. The minimum absolute atomic E-state index is 0.0305. The summed E-state index contributed by atoms with van der Waals surface area (Å²) in [6.45, 7) is 5.06. The van der Waals surface area contributed by atoms with Crippen LogP contribution in [0.15, 0.2) is 16.3 Å². The van der Waals surface area contributed by atoms with Crippen molar-refractivity contribution in [2.45, 2.75) is 24.8 Å². The summed E-state index contributed by atoms with van der Waals surface area (Å²) in [7, 11) is 0. The summed E-state index contributed by atoms with van der Waals surface area (Å²) >= 11 is 5.55. The number of amides is 1. The summed E-state index contributed by atoms with van der Waals surface area (Å²) in [6.07, 6.45) is 0. The maximum atomic E-state index is 11.6. The molecule has 0 aliphatic heterocycles. The molecule has 0 aliphatic rings. The van der Waals surface area contributed by atoms with E-state index < -0.39 is 0 Å². The first-order valence-corrected chi connectivity index (χ1v) is 6.12. The van der Waals surface area contributed by atoms with E-state index in [4.69, 9.17) is 4.74 Å². The smallest absolute Gasteiger partial charge is 0.261 e. The third-order valence-corrected chi connectivity index (χ3v) is 3.12. The lowest BCUT2D eigenvalue weighted by molar-refractivity contribution is 0.0875. The molecule has 0 saturated carbocycles. The molecule has 0 spiro atoms. The van der Waals surface area contributed by atoms with E-state index in [1.54, 1.807) is 6.07 Å². The number of carbonyl (C=O) groups excluding carboxylic acids is 1. The summed E-state index contributed by atoms with van der Waals surface area (Å²) in [5, 5.41) is 4.70. The van der Waals surface area contributed by atoms with Crippen molar-refractivity contribution >= 4 is 29.9 Å². The number of ether oxygens (including phenoxy) is 1. The molecule has 84 valence electrons. The molecule has 1 rings (SSSR count). The molecule has 0 aliphatic carbocycles. The van der Waals surface area contributed by atoms with Crippen LogP contribution in [-0.2, 0) is 4.74 Å². The maximum absolute atomic E-state index is 11.6. The topological polar surface area (TPSA) is 38.3 Å². The Morgan fingerprint density at radius 1 is 1.73 bits per heavy atom. The molecule has 1 aromatic rings. The molecule has 0 fully saturated rings. The first-order chi connectivity index (χ1) is 7.13. The molecular weight excluding hydrogens is 230 g/mol. The van der Waals surface area contributed by atoms with Gasteiger partial charge in [0.15, 0.2) is 0 Å². The van der Waals surface area contributed by atoms with Gasteiger partial charge in [-0.3, -0.25) is 4.79 Å². The standard InChI is InChI=1S/C10H15NO2S2/c1-3-13-5-7(2)11-10(12)9-4-8(14)6-15-9/h4,6-7,14H,3,5H2,1-2H3,(H,11,12). The largest absolute Gasteiger partial charge is 0.380 e. The fourth-order valence-corrected chi connectivity index (χ4v) is 2.13. The van der Waals surface area contributed by atoms with Crippen molar-refractivity contribution in [3.05, 3.63) is 16.3 Å². The molecule has 1 N–H and O–H groups in total. The Morgan fingerprint density at radius 3 is 3.00 bits per heavy atom. The predicted octanol–water partition coefficient (Wildman–Crippen LogP) is 2.19. The van der Waals surface area contributed by atoms with Crippen LogP contribution in [-0.4, -0.2) is 25.2 Å². The van der Waals surface area contributed by atoms with E-state index in [9.17, 15) is 4.79 Å². The van der Waals surface area contributed by atoms with Gasteiger partial charge in [-0.2, -0.15) is 0 Å². The normalized spacial score (nSPS) is 12.5. The van der Waals surface area contributed by atoms with E-state index in [2.05, 4.69) is 17.9 Å². The van der Waals surface area contributed by atoms with Gasteiger partial charge in [-0.1, -0.05) is 0 Å². The first-order valence-electron chi connectivity index (χ1n) is 4.79. The lowest BCUT2D eigenvalue weighted by Crippen LogP contribution is -2.35. The first kappa shape index (κ1) is 12.5. The number of carbonyl (C=O) groups is 1. The molecule has 1 heterocycles. The van der Waals surface area contributed by atoms with E-state index >= 15 is 0 Å². The van der Waals surface area contributed by atoms with Crippen LogP contribution >= 0.6 is 24.0 Å². The van der Waals surface area contributed by atoms with Crippen molar-refractivity contribution in [1.29, 1.82) is 0 Å². The Morgan fingerprint density at radius 2 is 2.47 bits per heavy atom. The molecule has 1 amide bonds. The van der Waals surface area contributed by atoms with Gasteiger partial charge < -0.3 is 10.1 Å². The number of hydrogen-bond acceptors (Lipinski definition) is 4. The van der Waals surface area contributed by atoms with Gasteiger partial charge in [0.2, 0.25) is 0 Å². The molecule has 1 aromatic heterocycles. The van der Waals surface area contributed by atoms with Crippen LogP contribution in [0.4, 0.5) is 0 Å². The highest BCUT2D eigenvalue weighted by Gasteiger charge is 2.11. The summed E-state index contributed by atoms with van der Waals surface area (Å²) < 4.78 is 5.21. The van der Waals surface area contributed by atoms with Crippen LogP contribution in [0.25, 0.3) is 0 Å². The molecule has 15 heavy (non-hydrogen) atoms. The SMILES string of the molecule is CCOCC(C)NC(=O)c1cc(S)cs1. The van der Waals surface area contributed by atoms with Crippen molar-refractivity contribution in [3.63, 3.8) is 0 Å². The summed E-state index contributed by atoms with van der Waals surface area (Å²) in [4.78, 5) is 13.1. The third kappa shape index (κ3) is 4.24. The quantitative estimate of drug-likeness (QED) is 0.780. The van der Waals surface area contributed by atoms with Crippen LogP contribution in [0.5, 0.6) is 0 Å². The number of rotatable bonds is 5. The molecule has 0 saturated heterocycles. The van der Waals surface area contributed by atoms with Gasteiger partial charge in [0, 0.05) is 22.9 Å². The summed E-state index contributed by atoms with van der Waals surface area (Å²) in [5.41, 5.74) is 0. The number of hydrogen-bond donors (Lipinski definition) is 2. The second-order valence-corrected chi connectivity index (χ2v) is 4.63. The van der Waals surface area contributed by atoms with Gasteiger partial charge in [-0.15, -0.1) is 24.0 Å². The van der Waals surface area contributed by atoms with Crippen molar-refractivity contribution in [2.75, 3.05) is 13.2 Å². The van der Waals surface area contributed by atoms with Gasteiger partial charge in [0.05, 0.1) is 11.5 Å². The van der Waals surface area contributed by atoms with Crippen molar-refractivity contribution in [1.82, 2.24) is 5.32 Å². The Kier molecular flexibility index (Phi) is 5.14. The molecule has 1 atom stereocenters. The number of nitrogens with one attached hydrogen (secondary N) is 1. The molecular formula is C10H15NO2S2. The van der Waals surface area contributed by atoms with E-state index in [1.165, 1.54) is 11.3 Å². The highest BCUT2D eigenvalue weighted by atomic mass is 32.1. The van der Waals surface area contributed by atoms with Crippen molar-refractivity contribution in [3.8, 4) is 0 Å². The molecule has 0 bridgehead atoms. The zero-order valence-electron chi connectivity index (χ0n) is 8.82. The van der Waals surface area contributed by atoms with E-state index in [-0.39, 0.29) is 11.9 Å². The zero-order chi connectivity index (χ0) is 11.3. The lowest BCUT2D eigenvalue weighted by Gasteiger charge is -2.12. The highest BCUT2D eigenvalue weighted by Crippen LogP contribution is 2.17. The zero-order valence-corrected chi connectivity index (χ0v) is 10.5. The Bertz CT molecular complexity index is 325. The van der Waals surface area contributed by atoms with Crippen LogP contribution in [0, 0.1) is 0 Å². The summed E-state index contributed by atoms with van der Waals surface area (Å²) in [5.74, 6) is -0.0625. The second kappa shape index (κ2) is 6.15. The Balaban J connectivity index is 2.42. The minimum Gasteiger partial charge on any atom is -0.380 e. The van der Waals surface area contributed by atoms with Gasteiger partial charge in [0.25, 0.3) is 5.91 Å². The number of thiophene rings is 1. The third-order valence-electron chi connectivity index (χ3n) is 1.76. The average molecular weight is 245 g/mol. The van der Waals surface area contributed by atoms with Crippen molar-refractivity contribution < 1.29 is 9.53 Å². The highest BCUT2D eigenvalue weighted by molar-refractivity contribution is 7.80. The maximum Gasteiger partial charge on any atom is 0.261 e. The molecule has 1 unspecified atom stereocenters. The second-order valence-electron chi connectivity index (χ2n) is 3.20. The van der Waals surface area contributed by atoms with Crippen LogP contribution < -0.4 is 5.32 Å². The fourth-order valence-electron chi connectivity index (χ4n) is 1.08. The monoisotopic (exact) mass is 245 g/mol. The fraction of sp³-hybridized carbons (Fsp3) is 0.500. The lowest BCUT2D eigenvalue weighted by atomic mass is 10.3. The van der Waals surface area contributed by atoms with E-state index in [1.807, 2.05) is 19.2 Å². The van der Waals surface area contributed by atoms with E-state index in [0.29, 0.717) is 18.1 Å². The van der Waals surface area contributed by atoms with Crippen LogP contribution in [0.3, 0.4) is 0 Å². The predicted molar refractivity (Wildman–Crippen MR) is 65.0 cm³/mol. The van der Waals surface area contributed by atoms with Crippen molar-refractivity contribution in [2.24, 2.45) is 0 Å². The van der Waals surface area contributed by atoms with Gasteiger partial charge >= 0.3 is 0 Å². The molecule has 0 aromatic carbocycles. The van der Waals surface area contributed by atoms with Crippen LogP contribution in [0.1, 0.15) is 23.5 Å². The van der Waals surface area contributed by atoms with Gasteiger partial charge in [0.1, 0.15) is 0 Å². The van der Waals surface area contributed by atoms with E-state index in [0.717, 1.165) is 4.90 Å². The minimum atomic E-state index is -0.0625. The molecule has 5 heteroatoms. The van der Waals surface area contributed by atoms with Crippen LogP contribution in [0.2, 0.25) is 0 Å². The van der Waals surface area contributed by atoms with Gasteiger partial charge in [-0.25, -0.2) is 0 Å².